The van der Waals surface area contributed by atoms with Crippen LogP contribution in [0.2, 0.25) is 5.02 Å². The molecule has 4 nitrogen and oxygen atoms in total. The van der Waals surface area contributed by atoms with E-state index in [0.29, 0.717) is 23.8 Å². The van der Waals surface area contributed by atoms with E-state index in [9.17, 15) is 4.79 Å². The van der Waals surface area contributed by atoms with Crippen molar-refractivity contribution in [3.63, 3.8) is 0 Å². The van der Waals surface area contributed by atoms with Crippen LogP contribution in [0.1, 0.15) is 18.4 Å². The zero-order chi connectivity index (χ0) is 16.5. The summed E-state index contributed by atoms with van der Waals surface area (Å²) >= 11 is 5.86. The maximum absolute atomic E-state index is 11.8. The lowest BCUT2D eigenvalue weighted by molar-refractivity contribution is -0.116. The Morgan fingerprint density at radius 2 is 1.92 bits per heavy atom. The third kappa shape index (κ3) is 7.21. The van der Waals surface area contributed by atoms with Crippen molar-refractivity contribution in [1.82, 2.24) is 5.32 Å². The fourth-order valence-electron chi connectivity index (χ4n) is 2.06. The van der Waals surface area contributed by atoms with Gasteiger partial charge in [0.15, 0.2) is 0 Å². The number of carbonyl (C=O) groups is 1. The van der Waals surface area contributed by atoms with Gasteiger partial charge in [-0.15, -0.1) is 12.4 Å². The second-order valence-electron chi connectivity index (χ2n) is 5.20. The van der Waals surface area contributed by atoms with Crippen LogP contribution in [0.5, 0.6) is 5.75 Å². The van der Waals surface area contributed by atoms with Crippen LogP contribution in [0.3, 0.4) is 0 Å². The fraction of sp³-hybridized carbons (Fsp3) is 0.278. The molecular formula is C18H22Cl2N2O2. The second-order valence-corrected chi connectivity index (χ2v) is 5.63. The fourth-order valence-corrected chi connectivity index (χ4v) is 2.19. The van der Waals surface area contributed by atoms with Crippen molar-refractivity contribution in [1.29, 1.82) is 0 Å². The number of hydrogen-bond acceptors (Lipinski definition) is 3. The summed E-state index contributed by atoms with van der Waals surface area (Å²) in [6, 6.07) is 14.9. The molecule has 0 saturated carbocycles. The van der Waals surface area contributed by atoms with E-state index in [2.05, 4.69) is 10.6 Å². The summed E-state index contributed by atoms with van der Waals surface area (Å²) in [7, 11) is 1.87. The van der Waals surface area contributed by atoms with E-state index in [4.69, 9.17) is 16.3 Å². The molecule has 130 valence electrons. The molecule has 6 heteroatoms. The van der Waals surface area contributed by atoms with Gasteiger partial charge in [0, 0.05) is 23.2 Å². The van der Waals surface area contributed by atoms with Gasteiger partial charge in [0.25, 0.3) is 0 Å². The van der Waals surface area contributed by atoms with Gasteiger partial charge in [0.2, 0.25) is 5.91 Å². The molecule has 1 amide bonds. The number of nitrogens with one attached hydrogen (secondary N) is 2. The molecule has 0 heterocycles. The minimum atomic E-state index is 0. The van der Waals surface area contributed by atoms with E-state index in [1.807, 2.05) is 55.6 Å². The van der Waals surface area contributed by atoms with Crippen LogP contribution in [0.4, 0.5) is 5.69 Å². The van der Waals surface area contributed by atoms with Crippen molar-refractivity contribution in [3.8, 4) is 5.75 Å². The SMILES string of the molecule is CNCCCC(=O)Nc1cccc(OCc2ccc(Cl)cc2)c1.Cl. The lowest BCUT2D eigenvalue weighted by Gasteiger charge is -2.09. The Kier molecular flexibility index (Phi) is 9.23. The minimum absolute atomic E-state index is 0. The number of benzene rings is 2. The van der Waals surface area contributed by atoms with Gasteiger partial charge < -0.3 is 15.4 Å². The van der Waals surface area contributed by atoms with Crippen LogP contribution in [-0.2, 0) is 11.4 Å². The van der Waals surface area contributed by atoms with Crippen molar-refractivity contribution in [2.45, 2.75) is 19.4 Å². The van der Waals surface area contributed by atoms with E-state index in [-0.39, 0.29) is 18.3 Å². The Labute approximate surface area is 154 Å². The molecule has 0 aromatic heterocycles. The third-order valence-electron chi connectivity index (χ3n) is 3.27. The highest BCUT2D eigenvalue weighted by molar-refractivity contribution is 6.30. The molecule has 2 aromatic carbocycles. The van der Waals surface area contributed by atoms with Gasteiger partial charge in [-0.2, -0.15) is 0 Å². The maximum Gasteiger partial charge on any atom is 0.224 e. The zero-order valence-electron chi connectivity index (χ0n) is 13.5. The van der Waals surface area contributed by atoms with Crippen LogP contribution in [0, 0.1) is 0 Å². The molecule has 0 unspecified atom stereocenters. The van der Waals surface area contributed by atoms with Crippen molar-refractivity contribution in [2.24, 2.45) is 0 Å². The number of hydrogen-bond donors (Lipinski definition) is 2. The van der Waals surface area contributed by atoms with E-state index in [1.165, 1.54) is 0 Å². The standard InChI is InChI=1S/C18H21ClN2O2.ClH/c1-20-11-3-6-18(22)21-16-4-2-5-17(12-16)23-13-14-7-9-15(19)10-8-14;/h2,4-5,7-10,12,20H,3,6,11,13H2,1H3,(H,21,22);1H. The molecule has 2 rings (SSSR count). The molecule has 2 N–H and O–H groups in total. The van der Waals surface area contributed by atoms with Crippen LogP contribution in [-0.4, -0.2) is 19.5 Å². The van der Waals surface area contributed by atoms with Crippen molar-refractivity contribution >= 4 is 35.6 Å². The van der Waals surface area contributed by atoms with Gasteiger partial charge in [0.1, 0.15) is 12.4 Å². The van der Waals surface area contributed by atoms with Crippen LogP contribution in [0.15, 0.2) is 48.5 Å². The largest absolute Gasteiger partial charge is 0.489 e. The quantitative estimate of drug-likeness (QED) is 0.683. The lowest BCUT2D eigenvalue weighted by atomic mass is 10.2. The Bertz CT molecular complexity index is 633. The van der Waals surface area contributed by atoms with Crippen molar-refractivity contribution in [2.75, 3.05) is 18.9 Å². The highest BCUT2D eigenvalue weighted by atomic mass is 35.5. The van der Waals surface area contributed by atoms with Crippen molar-refractivity contribution in [3.05, 3.63) is 59.1 Å². The van der Waals surface area contributed by atoms with E-state index < -0.39 is 0 Å². The van der Waals surface area contributed by atoms with Crippen LogP contribution >= 0.6 is 24.0 Å². The molecule has 24 heavy (non-hydrogen) atoms. The van der Waals surface area contributed by atoms with Gasteiger partial charge in [-0.05, 0) is 49.8 Å². The molecule has 0 aliphatic carbocycles. The first-order chi connectivity index (χ1) is 11.2. The summed E-state index contributed by atoms with van der Waals surface area (Å²) < 4.78 is 5.75. The van der Waals surface area contributed by atoms with E-state index in [0.717, 1.165) is 24.2 Å². The average Bonchev–Trinajstić information content (AvgIpc) is 2.55. The number of ether oxygens (including phenoxy) is 1. The van der Waals surface area contributed by atoms with Gasteiger partial charge in [-0.25, -0.2) is 0 Å². The lowest BCUT2D eigenvalue weighted by Crippen LogP contribution is -2.15. The number of rotatable bonds is 8. The molecule has 0 bridgehead atoms. The third-order valence-corrected chi connectivity index (χ3v) is 3.52. The molecular weight excluding hydrogens is 347 g/mol. The Balaban J connectivity index is 0.00000288. The van der Waals surface area contributed by atoms with E-state index >= 15 is 0 Å². The molecule has 0 fully saturated rings. The molecule has 2 aromatic rings. The number of halogens is 2. The van der Waals surface area contributed by atoms with Crippen LogP contribution in [0.25, 0.3) is 0 Å². The molecule has 0 aliphatic heterocycles. The predicted octanol–water partition coefficient (Wildman–Crippen LogP) is 4.28. The highest BCUT2D eigenvalue weighted by Crippen LogP contribution is 2.19. The Morgan fingerprint density at radius 1 is 1.17 bits per heavy atom. The molecule has 0 radical (unpaired) electrons. The molecule has 0 atom stereocenters. The monoisotopic (exact) mass is 368 g/mol. The summed E-state index contributed by atoms with van der Waals surface area (Å²) in [4.78, 5) is 11.8. The molecule has 0 aliphatic rings. The predicted molar refractivity (Wildman–Crippen MR) is 101 cm³/mol. The zero-order valence-corrected chi connectivity index (χ0v) is 15.1. The number of carbonyl (C=O) groups excluding carboxylic acids is 1. The maximum atomic E-state index is 11.8. The Hall–Kier alpha value is -1.75. The summed E-state index contributed by atoms with van der Waals surface area (Å²) in [5, 5.41) is 6.61. The summed E-state index contributed by atoms with van der Waals surface area (Å²) in [5.74, 6) is 0.725. The van der Waals surface area contributed by atoms with E-state index in [1.54, 1.807) is 0 Å². The topological polar surface area (TPSA) is 50.4 Å². The Morgan fingerprint density at radius 3 is 2.62 bits per heavy atom. The number of anilines is 1. The molecule has 0 spiro atoms. The first-order valence-corrected chi connectivity index (χ1v) is 7.97. The summed E-state index contributed by atoms with van der Waals surface area (Å²) in [5.41, 5.74) is 1.78. The number of amides is 1. The van der Waals surface area contributed by atoms with Crippen molar-refractivity contribution < 1.29 is 9.53 Å². The smallest absolute Gasteiger partial charge is 0.224 e. The second kappa shape index (κ2) is 10.9. The summed E-state index contributed by atoms with van der Waals surface area (Å²) in [6.07, 6.45) is 1.31. The first kappa shape index (κ1) is 20.3. The highest BCUT2D eigenvalue weighted by Gasteiger charge is 2.03. The van der Waals surface area contributed by atoms with Gasteiger partial charge in [-0.3, -0.25) is 4.79 Å². The van der Waals surface area contributed by atoms with Gasteiger partial charge in [0.05, 0.1) is 0 Å². The van der Waals surface area contributed by atoms with Gasteiger partial charge >= 0.3 is 0 Å². The minimum Gasteiger partial charge on any atom is -0.489 e. The summed E-state index contributed by atoms with van der Waals surface area (Å²) in [6.45, 7) is 1.29. The van der Waals surface area contributed by atoms with Gasteiger partial charge in [-0.1, -0.05) is 29.8 Å². The normalized spacial score (nSPS) is 9.92. The molecule has 0 saturated heterocycles. The van der Waals surface area contributed by atoms with Crippen LogP contribution < -0.4 is 15.4 Å². The average molecular weight is 369 g/mol. The first-order valence-electron chi connectivity index (χ1n) is 7.59.